The summed E-state index contributed by atoms with van der Waals surface area (Å²) in [4.78, 5) is 35.6. The van der Waals surface area contributed by atoms with Gasteiger partial charge in [0.1, 0.15) is 5.82 Å². The molecule has 3 aromatic rings. The van der Waals surface area contributed by atoms with Gasteiger partial charge >= 0.3 is 6.18 Å². The number of aryl methyl sites for hydroxylation is 1. The second-order valence-electron chi connectivity index (χ2n) is 8.30. The van der Waals surface area contributed by atoms with Crippen LogP contribution in [0.5, 0.6) is 5.88 Å². The quantitative estimate of drug-likeness (QED) is 0.529. The van der Waals surface area contributed by atoms with Gasteiger partial charge in [0, 0.05) is 29.1 Å². The van der Waals surface area contributed by atoms with E-state index in [9.17, 15) is 22.8 Å². The van der Waals surface area contributed by atoms with Crippen molar-refractivity contribution in [2.45, 2.75) is 39.0 Å². The second-order valence-corrected chi connectivity index (χ2v) is 8.30. The molecule has 1 aromatic carbocycles. The van der Waals surface area contributed by atoms with E-state index in [-0.39, 0.29) is 30.7 Å². The minimum Gasteiger partial charge on any atom is -0.468 e. The average molecular weight is 484 g/mol. The summed E-state index contributed by atoms with van der Waals surface area (Å²) in [6.45, 7) is 2.19. The van der Waals surface area contributed by atoms with Gasteiger partial charge in [0.05, 0.1) is 19.0 Å². The van der Waals surface area contributed by atoms with Gasteiger partial charge in [0.2, 0.25) is 11.8 Å². The Morgan fingerprint density at radius 1 is 1.20 bits per heavy atom. The fraction of sp³-hybridized carbons (Fsp3) is 0.280. The lowest BCUT2D eigenvalue weighted by Crippen LogP contribution is -2.27. The molecular formula is C25H23F3N4O3. The largest absolute Gasteiger partial charge is 0.468 e. The number of carbonyl (C=O) groups excluding carboxylic acids is 2. The highest BCUT2D eigenvalue weighted by atomic mass is 19.4. The maximum Gasteiger partial charge on any atom is 0.422 e. The van der Waals surface area contributed by atoms with E-state index in [0.29, 0.717) is 28.1 Å². The number of carbonyl (C=O) groups is 2. The van der Waals surface area contributed by atoms with E-state index in [1.165, 1.54) is 12.4 Å². The van der Waals surface area contributed by atoms with Crippen LogP contribution in [0.4, 0.5) is 19.0 Å². The summed E-state index contributed by atoms with van der Waals surface area (Å²) in [6, 6.07) is 12.1. The first-order chi connectivity index (χ1) is 16.6. The summed E-state index contributed by atoms with van der Waals surface area (Å²) in [6.07, 6.45) is -1.41. The van der Waals surface area contributed by atoms with Crippen LogP contribution in [0.3, 0.4) is 0 Å². The van der Waals surface area contributed by atoms with E-state index in [2.05, 4.69) is 15.3 Å². The molecule has 1 aliphatic heterocycles. The molecule has 1 unspecified atom stereocenters. The number of fused-ring (bicyclic) bond motifs is 1. The van der Waals surface area contributed by atoms with Crippen molar-refractivity contribution in [2.24, 2.45) is 0 Å². The lowest BCUT2D eigenvalue weighted by atomic mass is 10.1. The van der Waals surface area contributed by atoms with Gasteiger partial charge in [-0.15, -0.1) is 0 Å². The van der Waals surface area contributed by atoms with Crippen molar-refractivity contribution in [3.05, 3.63) is 82.7 Å². The number of halogens is 3. The molecule has 2 aromatic heterocycles. The molecule has 35 heavy (non-hydrogen) atoms. The lowest BCUT2D eigenvalue weighted by Gasteiger charge is -2.25. The molecule has 7 nitrogen and oxygen atoms in total. The fourth-order valence-corrected chi connectivity index (χ4v) is 3.92. The molecule has 1 atom stereocenters. The molecular weight excluding hydrogens is 461 g/mol. The second kappa shape index (κ2) is 9.73. The van der Waals surface area contributed by atoms with E-state index in [1.807, 2.05) is 30.3 Å². The zero-order valence-electron chi connectivity index (χ0n) is 19.1. The third kappa shape index (κ3) is 5.59. The number of nitrogens with one attached hydrogen (secondary N) is 1. The van der Waals surface area contributed by atoms with E-state index in [4.69, 9.17) is 4.74 Å². The number of nitrogens with zero attached hydrogens (tertiary/aromatic N) is 3. The van der Waals surface area contributed by atoms with Crippen molar-refractivity contribution in [1.29, 1.82) is 0 Å². The molecule has 0 radical (unpaired) electrons. The number of hydrogen-bond acceptors (Lipinski definition) is 5. The zero-order chi connectivity index (χ0) is 25.2. The monoisotopic (exact) mass is 484 g/mol. The van der Waals surface area contributed by atoms with Gasteiger partial charge in [-0.1, -0.05) is 30.3 Å². The summed E-state index contributed by atoms with van der Waals surface area (Å²) in [7, 11) is 0. The zero-order valence-corrected chi connectivity index (χ0v) is 19.1. The molecule has 0 bridgehead atoms. The summed E-state index contributed by atoms with van der Waals surface area (Å²) in [5.74, 6) is -0.257. The van der Waals surface area contributed by atoms with Crippen molar-refractivity contribution in [2.75, 3.05) is 11.9 Å². The van der Waals surface area contributed by atoms with Crippen molar-refractivity contribution in [3.63, 3.8) is 0 Å². The van der Waals surface area contributed by atoms with Gasteiger partial charge in [-0.05, 0) is 37.1 Å². The molecule has 1 aliphatic rings. The molecule has 182 valence electrons. The van der Waals surface area contributed by atoms with Gasteiger partial charge in [0.15, 0.2) is 6.61 Å². The summed E-state index contributed by atoms with van der Waals surface area (Å²) in [5, 5.41) is 2.80. The normalized spacial score (nSPS) is 14.0. The van der Waals surface area contributed by atoms with Gasteiger partial charge < -0.3 is 15.0 Å². The van der Waals surface area contributed by atoms with Crippen molar-refractivity contribution < 1.29 is 27.5 Å². The maximum atomic E-state index is 13.1. The first kappa shape index (κ1) is 24.2. The van der Waals surface area contributed by atoms with E-state index in [1.54, 1.807) is 30.9 Å². The number of amides is 2. The standard InChI is InChI=1S/C25H23F3N4O3/c1-15-10-18(12-30-23(15)35-14-25(26,27)28)16(2)32-13-20-19(24(32)34)8-9-29-22(20)31-21(33)11-17-6-4-3-5-7-17/h3-10,12,16H,11,13-14H2,1-2H3,(H,29,31,33). The Kier molecular flexibility index (Phi) is 6.72. The van der Waals surface area contributed by atoms with E-state index in [0.717, 1.165) is 5.56 Å². The Morgan fingerprint density at radius 2 is 1.94 bits per heavy atom. The summed E-state index contributed by atoms with van der Waals surface area (Å²) >= 11 is 0. The Hall–Kier alpha value is -3.95. The molecule has 1 N–H and O–H groups in total. The topological polar surface area (TPSA) is 84.4 Å². The van der Waals surface area contributed by atoms with Crippen LogP contribution in [-0.2, 0) is 17.8 Å². The van der Waals surface area contributed by atoms with Crippen LogP contribution in [0.1, 0.15) is 45.6 Å². The average Bonchev–Trinajstić information content (AvgIpc) is 3.15. The highest BCUT2D eigenvalue weighted by Gasteiger charge is 2.34. The first-order valence-electron chi connectivity index (χ1n) is 10.9. The summed E-state index contributed by atoms with van der Waals surface area (Å²) in [5.41, 5.74) is 2.98. The molecule has 0 spiro atoms. The molecule has 4 rings (SSSR count). The molecule has 3 heterocycles. The SMILES string of the molecule is Cc1cc(C(C)N2Cc3c(ccnc3NC(=O)Cc3ccccc3)C2=O)cnc1OCC(F)(F)F. The smallest absolute Gasteiger partial charge is 0.422 e. The van der Waals surface area contributed by atoms with Gasteiger partial charge in [-0.3, -0.25) is 9.59 Å². The number of alkyl halides is 3. The van der Waals surface area contributed by atoms with Gasteiger partial charge in [0.25, 0.3) is 5.91 Å². The molecule has 0 saturated carbocycles. The van der Waals surface area contributed by atoms with Crippen LogP contribution in [-0.4, -0.2) is 39.5 Å². The molecule has 10 heteroatoms. The van der Waals surface area contributed by atoms with Crippen LogP contribution >= 0.6 is 0 Å². The molecule has 0 saturated heterocycles. The first-order valence-corrected chi connectivity index (χ1v) is 10.9. The van der Waals surface area contributed by atoms with Crippen LogP contribution in [0, 0.1) is 6.92 Å². The number of benzene rings is 1. The van der Waals surface area contributed by atoms with Crippen LogP contribution in [0.25, 0.3) is 0 Å². The van der Waals surface area contributed by atoms with Crippen molar-refractivity contribution in [1.82, 2.24) is 14.9 Å². The maximum absolute atomic E-state index is 13.1. The van der Waals surface area contributed by atoms with Crippen LogP contribution in [0.2, 0.25) is 0 Å². The Labute approximate surface area is 200 Å². The Morgan fingerprint density at radius 3 is 2.63 bits per heavy atom. The minimum atomic E-state index is -4.46. The molecule has 0 fully saturated rings. The van der Waals surface area contributed by atoms with E-state index < -0.39 is 18.8 Å². The Bertz CT molecular complexity index is 1250. The highest BCUT2D eigenvalue weighted by molar-refractivity contribution is 6.01. The Balaban J connectivity index is 1.48. The minimum absolute atomic E-state index is 0.109. The predicted molar refractivity (Wildman–Crippen MR) is 122 cm³/mol. The number of rotatable bonds is 7. The molecule has 0 aliphatic carbocycles. The van der Waals surface area contributed by atoms with Crippen molar-refractivity contribution in [3.8, 4) is 5.88 Å². The summed E-state index contributed by atoms with van der Waals surface area (Å²) < 4.78 is 42.1. The van der Waals surface area contributed by atoms with Crippen LogP contribution < -0.4 is 10.1 Å². The number of aromatic nitrogens is 2. The van der Waals surface area contributed by atoms with Gasteiger partial charge in [-0.2, -0.15) is 13.2 Å². The van der Waals surface area contributed by atoms with Crippen molar-refractivity contribution >= 4 is 17.6 Å². The van der Waals surface area contributed by atoms with Gasteiger partial charge in [-0.25, -0.2) is 9.97 Å². The predicted octanol–water partition coefficient (Wildman–Crippen LogP) is 4.62. The number of pyridine rings is 2. The third-order valence-corrected chi connectivity index (χ3v) is 5.71. The number of hydrogen-bond donors (Lipinski definition) is 1. The van der Waals surface area contributed by atoms with E-state index >= 15 is 0 Å². The number of anilines is 1. The van der Waals surface area contributed by atoms with Crippen LogP contribution in [0.15, 0.2) is 54.9 Å². The third-order valence-electron chi connectivity index (χ3n) is 5.71. The fourth-order valence-electron chi connectivity index (χ4n) is 3.92. The molecule has 2 amide bonds. The lowest BCUT2D eigenvalue weighted by molar-refractivity contribution is -0.154. The highest BCUT2D eigenvalue weighted by Crippen LogP contribution is 2.34. The number of ether oxygens (including phenoxy) is 1.